The lowest BCUT2D eigenvalue weighted by atomic mass is 10.1. The molecular weight excluding hydrogens is 267 g/mol. The number of benzene rings is 1. The number of rotatable bonds is 8. The first-order valence-electron chi connectivity index (χ1n) is 7.53. The minimum atomic E-state index is -0.184. The van der Waals surface area contributed by atoms with E-state index in [9.17, 15) is 4.39 Å². The summed E-state index contributed by atoms with van der Waals surface area (Å²) in [6, 6.07) is 6.72. The van der Waals surface area contributed by atoms with Gasteiger partial charge in [-0.25, -0.2) is 4.39 Å². The number of hydrogen-bond acceptors (Lipinski definition) is 2. The fourth-order valence-corrected chi connectivity index (χ4v) is 1.94. The fraction of sp³-hybridized carbons (Fsp3) is 0.562. The van der Waals surface area contributed by atoms with Gasteiger partial charge in [-0.15, -0.1) is 0 Å². The molecule has 0 aliphatic heterocycles. The average molecular weight is 294 g/mol. The Labute approximate surface area is 127 Å². The molecule has 1 aromatic rings. The van der Waals surface area contributed by atoms with Crippen LogP contribution in [0.1, 0.15) is 18.9 Å². The molecular formula is C16H27FN4. The first kappa shape index (κ1) is 17.4. The summed E-state index contributed by atoms with van der Waals surface area (Å²) in [5, 5.41) is 6.50. The largest absolute Gasteiger partial charge is 0.357 e. The molecule has 0 aliphatic carbocycles. The highest BCUT2D eigenvalue weighted by Crippen LogP contribution is 2.03. The van der Waals surface area contributed by atoms with E-state index >= 15 is 0 Å². The fourth-order valence-electron chi connectivity index (χ4n) is 1.94. The molecule has 1 aromatic carbocycles. The van der Waals surface area contributed by atoms with Gasteiger partial charge in [-0.1, -0.05) is 12.1 Å². The average Bonchev–Trinajstić information content (AvgIpc) is 2.43. The van der Waals surface area contributed by atoms with Gasteiger partial charge >= 0.3 is 0 Å². The van der Waals surface area contributed by atoms with Gasteiger partial charge in [0.1, 0.15) is 5.82 Å². The molecule has 0 unspecified atom stereocenters. The summed E-state index contributed by atoms with van der Waals surface area (Å²) in [5.41, 5.74) is 0.992. The van der Waals surface area contributed by atoms with Crippen molar-refractivity contribution in [2.75, 3.05) is 40.3 Å². The molecule has 0 saturated carbocycles. The molecule has 0 spiro atoms. The van der Waals surface area contributed by atoms with E-state index < -0.39 is 0 Å². The molecule has 0 bridgehead atoms. The first-order chi connectivity index (χ1) is 10.1. The van der Waals surface area contributed by atoms with Gasteiger partial charge in [0, 0.05) is 19.6 Å². The molecule has 5 heteroatoms. The number of nitrogens with one attached hydrogen (secondary N) is 2. The summed E-state index contributed by atoms with van der Waals surface area (Å²) >= 11 is 0. The molecule has 4 nitrogen and oxygen atoms in total. The van der Waals surface area contributed by atoms with Gasteiger partial charge in [0.15, 0.2) is 5.96 Å². The van der Waals surface area contributed by atoms with E-state index in [4.69, 9.17) is 0 Å². The summed E-state index contributed by atoms with van der Waals surface area (Å²) in [5.74, 6) is 0.643. The van der Waals surface area contributed by atoms with Gasteiger partial charge < -0.3 is 15.5 Å². The van der Waals surface area contributed by atoms with Gasteiger partial charge in [0.2, 0.25) is 0 Å². The van der Waals surface area contributed by atoms with Crippen LogP contribution in [-0.4, -0.2) is 51.1 Å². The van der Waals surface area contributed by atoms with Crippen molar-refractivity contribution in [1.29, 1.82) is 0 Å². The molecule has 0 radical (unpaired) electrons. The van der Waals surface area contributed by atoms with Crippen molar-refractivity contribution in [3.63, 3.8) is 0 Å². The molecule has 0 atom stereocenters. The monoisotopic (exact) mass is 294 g/mol. The van der Waals surface area contributed by atoms with Crippen molar-refractivity contribution in [2.45, 2.75) is 19.8 Å². The van der Waals surface area contributed by atoms with Crippen LogP contribution < -0.4 is 10.6 Å². The van der Waals surface area contributed by atoms with Crippen molar-refractivity contribution in [2.24, 2.45) is 4.99 Å². The Morgan fingerprint density at radius 1 is 1.29 bits per heavy atom. The second kappa shape index (κ2) is 10.2. The van der Waals surface area contributed by atoms with E-state index in [2.05, 4.69) is 34.6 Å². The predicted molar refractivity (Wildman–Crippen MR) is 87.3 cm³/mol. The van der Waals surface area contributed by atoms with E-state index in [-0.39, 0.29) is 5.82 Å². The molecule has 0 saturated heterocycles. The van der Waals surface area contributed by atoms with Crippen molar-refractivity contribution in [3.05, 3.63) is 35.6 Å². The van der Waals surface area contributed by atoms with Crippen molar-refractivity contribution < 1.29 is 4.39 Å². The zero-order valence-electron chi connectivity index (χ0n) is 13.3. The summed E-state index contributed by atoms with van der Waals surface area (Å²) in [6.45, 7) is 5.45. The highest BCUT2D eigenvalue weighted by Gasteiger charge is 1.99. The third kappa shape index (κ3) is 8.30. The van der Waals surface area contributed by atoms with Crippen LogP contribution >= 0.6 is 0 Å². The minimum absolute atomic E-state index is 0.184. The quantitative estimate of drug-likeness (QED) is 0.437. The van der Waals surface area contributed by atoms with E-state index in [1.807, 2.05) is 13.0 Å². The van der Waals surface area contributed by atoms with Gasteiger partial charge in [0.05, 0.1) is 0 Å². The van der Waals surface area contributed by atoms with Crippen molar-refractivity contribution in [3.8, 4) is 0 Å². The molecule has 0 aliphatic rings. The van der Waals surface area contributed by atoms with Gasteiger partial charge in [0.25, 0.3) is 0 Å². The Hall–Kier alpha value is -1.62. The standard InChI is InChI=1S/C16H27FN4/c1-4-18-16(19-10-6-12-21(2)3)20-11-9-14-7-5-8-15(17)13-14/h5,7-8,13H,4,6,9-12H2,1-3H3,(H2,18,19,20). The highest BCUT2D eigenvalue weighted by atomic mass is 19.1. The van der Waals surface area contributed by atoms with Gasteiger partial charge in [-0.05, 0) is 58.1 Å². The summed E-state index contributed by atoms with van der Waals surface area (Å²) < 4.78 is 13.1. The summed E-state index contributed by atoms with van der Waals surface area (Å²) in [6.07, 6.45) is 1.81. The molecule has 118 valence electrons. The predicted octanol–water partition coefficient (Wildman–Crippen LogP) is 1.88. The molecule has 21 heavy (non-hydrogen) atoms. The maximum absolute atomic E-state index is 13.1. The van der Waals surface area contributed by atoms with E-state index in [1.54, 1.807) is 12.1 Å². The molecule has 0 amide bonds. The number of nitrogens with zero attached hydrogens (tertiary/aromatic N) is 2. The first-order valence-corrected chi connectivity index (χ1v) is 7.53. The maximum Gasteiger partial charge on any atom is 0.191 e. The molecule has 1 rings (SSSR count). The topological polar surface area (TPSA) is 39.7 Å². The van der Waals surface area contributed by atoms with E-state index in [0.717, 1.165) is 50.5 Å². The third-order valence-electron chi connectivity index (χ3n) is 2.97. The SMILES string of the molecule is CCNC(=NCCCN(C)C)NCCc1cccc(F)c1. The van der Waals surface area contributed by atoms with Crippen LogP contribution in [0.15, 0.2) is 29.3 Å². The Morgan fingerprint density at radius 2 is 2.10 bits per heavy atom. The molecule has 0 aromatic heterocycles. The van der Waals surface area contributed by atoms with Crippen LogP contribution in [-0.2, 0) is 6.42 Å². The zero-order valence-corrected chi connectivity index (χ0v) is 13.3. The molecule has 0 heterocycles. The smallest absolute Gasteiger partial charge is 0.191 e. The zero-order chi connectivity index (χ0) is 15.5. The van der Waals surface area contributed by atoms with Crippen LogP contribution in [0.2, 0.25) is 0 Å². The number of halogens is 1. The summed E-state index contributed by atoms with van der Waals surface area (Å²) in [4.78, 5) is 6.68. The van der Waals surface area contributed by atoms with Gasteiger partial charge in [-0.2, -0.15) is 0 Å². The third-order valence-corrected chi connectivity index (χ3v) is 2.97. The second-order valence-corrected chi connectivity index (χ2v) is 5.22. The van der Waals surface area contributed by atoms with Crippen LogP contribution in [0, 0.1) is 5.82 Å². The van der Waals surface area contributed by atoms with Crippen LogP contribution in [0.5, 0.6) is 0 Å². The van der Waals surface area contributed by atoms with Crippen molar-refractivity contribution in [1.82, 2.24) is 15.5 Å². The lowest BCUT2D eigenvalue weighted by Gasteiger charge is -2.12. The second-order valence-electron chi connectivity index (χ2n) is 5.22. The Morgan fingerprint density at radius 3 is 2.76 bits per heavy atom. The van der Waals surface area contributed by atoms with E-state index in [0.29, 0.717) is 0 Å². The van der Waals surface area contributed by atoms with Crippen molar-refractivity contribution >= 4 is 5.96 Å². The van der Waals surface area contributed by atoms with Gasteiger partial charge in [-0.3, -0.25) is 4.99 Å². The maximum atomic E-state index is 13.1. The Balaban J connectivity index is 2.34. The molecule has 2 N–H and O–H groups in total. The number of guanidine groups is 1. The highest BCUT2D eigenvalue weighted by molar-refractivity contribution is 5.79. The lowest BCUT2D eigenvalue weighted by Crippen LogP contribution is -2.38. The number of hydrogen-bond donors (Lipinski definition) is 2. The summed E-state index contributed by atoms with van der Waals surface area (Å²) in [7, 11) is 4.12. The van der Waals surface area contributed by atoms with Crippen LogP contribution in [0.25, 0.3) is 0 Å². The van der Waals surface area contributed by atoms with E-state index in [1.165, 1.54) is 6.07 Å². The lowest BCUT2D eigenvalue weighted by molar-refractivity contribution is 0.403. The minimum Gasteiger partial charge on any atom is -0.357 e. The normalized spacial score (nSPS) is 11.8. The molecule has 0 fully saturated rings. The number of aliphatic imine (C=N–C) groups is 1. The van der Waals surface area contributed by atoms with Crippen LogP contribution in [0.3, 0.4) is 0 Å². The Kier molecular flexibility index (Phi) is 8.43. The Bertz CT molecular complexity index is 432. The van der Waals surface area contributed by atoms with Crippen LogP contribution in [0.4, 0.5) is 4.39 Å².